The van der Waals surface area contributed by atoms with Crippen LogP contribution in [0, 0.1) is 10.1 Å². The van der Waals surface area contributed by atoms with Gasteiger partial charge in [-0.1, -0.05) is 11.6 Å². The summed E-state index contributed by atoms with van der Waals surface area (Å²) in [6.45, 7) is -0.742. The van der Waals surface area contributed by atoms with Crippen LogP contribution in [0.15, 0.2) is 47.4 Å². The van der Waals surface area contributed by atoms with Crippen molar-refractivity contribution in [2.24, 2.45) is 0 Å². The van der Waals surface area contributed by atoms with E-state index < -0.39 is 45.4 Å². The molecule has 10 nitrogen and oxygen atoms in total. The number of anilines is 1. The molecule has 2 aromatic rings. The van der Waals surface area contributed by atoms with E-state index in [1.165, 1.54) is 43.5 Å². The van der Waals surface area contributed by atoms with Gasteiger partial charge in [-0.25, -0.2) is 8.42 Å². The van der Waals surface area contributed by atoms with Crippen molar-refractivity contribution in [3.05, 3.63) is 57.6 Å². The van der Waals surface area contributed by atoms with Crippen LogP contribution >= 0.6 is 11.6 Å². The van der Waals surface area contributed by atoms with Crippen molar-refractivity contribution in [2.75, 3.05) is 24.8 Å². The molecule has 0 aliphatic rings. The predicted octanol–water partition coefficient (Wildman–Crippen LogP) is 2.60. The lowest BCUT2D eigenvalue weighted by molar-refractivity contribution is -0.383. The molecule has 0 atom stereocenters. The molecule has 0 bridgehead atoms. The summed E-state index contributed by atoms with van der Waals surface area (Å²) in [7, 11) is -2.38. The average molecular weight is 457 g/mol. The Morgan fingerprint density at radius 3 is 2.43 bits per heavy atom. The summed E-state index contributed by atoms with van der Waals surface area (Å²) in [5, 5.41) is 13.7. The molecule has 0 saturated carbocycles. The van der Waals surface area contributed by atoms with Crippen LogP contribution < -0.4 is 10.1 Å². The highest BCUT2D eigenvalue weighted by molar-refractivity contribution is 7.91. The normalized spacial score (nSPS) is 10.9. The van der Waals surface area contributed by atoms with Crippen LogP contribution in [0.4, 0.5) is 11.4 Å². The van der Waals surface area contributed by atoms with Crippen molar-refractivity contribution < 1.29 is 32.4 Å². The highest BCUT2D eigenvalue weighted by Gasteiger charge is 2.20. The fourth-order valence-electron chi connectivity index (χ4n) is 2.28. The van der Waals surface area contributed by atoms with Crippen LogP contribution in [-0.4, -0.2) is 44.7 Å². The summed E-state index contributed by atoms with van der Waals surface area (Å²) in [5.41, 5.74) is -0.504. The van der Waals surface area contributed by atoms with Crippen molar-refractivity contribution in [3.8, 4) is 5.75 Å². The van der Waals surface area contributed by atoms with E-state index in [2.05, 4.69) is 5.32 Å². The second-order valence-corrected chi connectivity index (χ2v) is 8.42. The van der Waals surface area contributed by atoms with Gasteiger partial charge in [-0.15, -0.1) is 0 Å². The van der Waals surface area contributed by atoms with Gasteiger partial charge in [0.2, 0.25) is 0 Å². The van der Waals surface area contributed by atoms with Gasteiger partial charge >= 0.3 is 5.97 Å². The summed E-state index contributed by atoms with van der Waals surface area (Å²) < 4.78 is 34.1. The number of benzene rings is 2. The summed E-state index contributed by atoms with van der Waals surface area (Å²) in [4.78, 5) is 34.1. The first-order valence-electron chi connectivity index (χ1n) is 8.38. The molecule has 12 heteroatoms. The summed E-state index contributed by atoms with van der Waals surface area (Å²) in [5.74, 6) is -1.99. The number of nitro benzene ring substituents is 1. The van der Waals surface area contributed by atoms with Crippen LogP contribution in [0.1, 0.15) is 6.42 Å². The Morgan fingerprint density at radius 2 is 1.83 bits per heavy atom. The van der Waals surface area contributed by atoms with E-state index in [0.717, 1.165) is 6.07 Å². The Morgan fingerprint density at radius 1 is 1.17 bits per heavy atom. The maximum absolute atomic E-state index is 12.2. The van der Waals surface area contributed by atoms with E-state index in [4.69, 9.17) is 21.1 Å². The van der Waals surface area contributed by atoms with E-state index >= 15 is 0 Å². The molecule has 30 heavy (non-hydrogen) atoms. The summed E-state index contributed by atoms with van der Waals surface area (Å²) in [6.07, 6.45) is -0.475. The zero-order chi connectivity index (χ0) is 22.3. The van der Waals surface area contributed by atoms with Crippen LogP contribution in [0.25, 0.3) is 0 Å². The minimum Gasteiger partial charge on any atom is -0.497 e. The SMILES string of the molecule is COc1ccc([N+](=O)[O-])c(NC(=O)COC(=O)CCS(=O)(=O)c2ccc(Cl)cc2)c1. The molecule has 0 spiro atoms. The molecule has 0 aliphatic carbocycles. The first kappa shape index (κ1) is 23.1. The highest BCUT2D eigenvalue weighted by Crippen LogP contribution is 2.28. The first-order valence-corrected chi connectivity index (χ1v) is 10.4. The fraction of sp³-hybridized carbons (Fsp3) is 0.222. The smallest absolute Gasteiger partial charge is 0.307 e. The number of methoxy groups -OCH3 is 1. The van der Waals surface area contributed by atoms with Crippen molar-refractivity contribution in [1.29, 1.82) is 0 Å². The highest BCUT2D eigenvalue weighted by atomic mass is 35.5. The maximum Gasteiger partial charge on any atom is 0.307 e. The van der Waals surface area contributed by atoms with Gasteiger partial charge in [0.1, 0.15) is 11.4 Å². The summed E-state index contributed by atoms with van der Waals surface area (Å²) >= 11 is 5.71. The van der Waals surface area contributed by atoms with Crippen LogP contribution in [0.5, 0.6) is 5.75 Å². The number of carbonyl (C=O) groups is 2. The van der Waals surface area contributed by atoms with Crippen molar-refractivity contribution in [1.82, 2.24) is 0 Å². The van der Waals surface area contributed by atoms with E-state index in [1.807, 2.05) is 0 Å². The quantitative estimate of drug-likeness (QED) is 0.344. The number of nitrogens with zero attached hydrogens (tertiary/aromatic N) is 1. The zero-order valence-electron chi connectivity index (χ0n) is 15.7. The van der Waals surface area contributed by atoms with Crippen LogP contribution in [-0.2, 0) is 24.2 Å². The number of esters is 1. The Kier molecular flexibility index (Phi) is 7.72. The van der Waals surface area contributed by atoms with Gasteiger partial charge < -0.3 is 14.8 Å². The summed E-state index contributed by atoms with van der Waals surface area (Å²) in [6, 6.07) is 9.21. The Balaban J connectivity index is 1.90. The molecule has 1 N–H and O–H groups in total. The largest absolute Gasteiger partial charge is 0.497 e. The molecule has 2 aromatic carbocycles. The van der Waals surface area contributed by atoms with Crippen molar-refractivity contribution in [3.63, 3.8) is 0 Å². The Bertz CT molecular complexity index is 1050. The van der Waals surface area contributed by atoms with E-state index in [0.29, 0.717) is 5.02 Å². The molecule has 0 aromatic heterocycles. The number of carbonyl (C=O) groups excluding carboxylic acids is 2. The van der Waals surface area contributed by atoms with Gasteiger partial charge in [-0.3, -0.25) is 19.7 Å². The van der Waals surface area contributed by atoms with Crippen molar-refractivity contribution in [2.45, 2.75) is 11.3 Å². The molecule has 0 radical (unpaired) electrons. The number of amides is 1. The zero-order valence-corrected chi connectivity index (χ0v) is 17.2. The minimum absolute atomic E-state index is 0.00257. The number of sulfone groups is 1. The molecular weight excluding hydrogens is 440 g/mol. The molecule has 0 fully saturated rings. The number of ether oxygens (including phenoxy) is 2. The van der Waals surface area contributed by atoms with Gasteiger partial charge in [-0.05, 0) is 30.3 Å². The van der Waals surface area contributed by atoms with Gasteiger partial charge in [0.25, 0.3) is 11.6 Å². The van der Waals surface area contributed by atoms with Gasteiger partial charge in [0, 0.05) is 17.2 Å². The molecule has 0 saturated heterocycles. The molecular formula is C18H17ClN2O8S. The van der Waals surface area contributed by atoms with Crippen molar-refractivity contribution >= 4 is 44.7 Å². The van der Waals surface area contributed by atoms with E-state index in [1.54, 1.807) is 0 Å². The van der Waals surface area contributed by atoms with Gasteiger partial charge in [0.05, 0.1) is 29.1 Å². The van der Waals surface area contributed by atoms with Crippen LogP contribution in [0.3, 0.4) is 0 Å². The number of hydrogen-bond acceptors (Lipinski definition) is 8. The topological polar surface area (TPSA) is 142 Å². The molecule has 2 rings (SSSR count). The third-order valence-corrected chi connectivity index (χ3v) is 5.77. The maximum atomic E-state index is 12.2. The van der Waals surface area contributed by atoms with Crippen LogP contribution in [0.2, 0.25) is 5.02 Å². The standard InChI is InChI=1S/C18H17ClN2O8S/c1-28-13-4-7-16(21(24)25)15(10-13)20-17(22)11-29-18(23)8-9-30(26,27)14-5-2-12(19)3-6-14/h2-7,10H,8-9,11H2,1H3,(H,20,22). The Hall–Kier alpha value is -3.18. The number of nitrogens with one attached hydrogen (secondary N) is 1. The molecule has 1 amide bonds. The van der Waals surface area contributed by atoms with Gasteiger partial charge in [-0.2, -0.15) is 0 Å². The molecule has 160 valence electrons. The second-order valence-electron chi connectivity index (χ2n) is 5.87. The number of hydrogen-bond donors (Lipinski definition) is 1. The second kappa shape index (κ2) is 10.0. The predicted molar refractivity (Wildman–Crippen MR) is 107 cm³/mol. The number of halogens is 1. The Labute approximate surface area is 176 Å². The molecule has 0 heterocycles. The van der Waals surface area contributed by atoms with Gasteiger partial charge in [0.15, 0.2) is 16.4 Å². The third-order valence-electron chi connectivity index (χ3n) is 3.79. The molecule has 0 unspecified atom stereocenters. The first-order chi connectivity index (χ1) is 14.1. The number of nitro groups is 1. The van der Waals surface area contributed by atoms with E-state index in [-0.39, 0.29) is 22.0 Å². The minimum atomic E-state index is -3.73. The average Bonchev–Trinajstić information content (AvgIpc) is 2.70. The monoisotopic (exact) mass is 456 g/mol. The lowest BCUT2D eigenvalue weighted by atomic mass is 10.2. The lowest BCUT2D eigenvalue weighted by Gasteiger charge is -2.09. The third kappa shape index (κ3) is 6.42. The lowest BCUT2D eigenvalue weighted by Crippen LogP contribution is -2.22. The number of rotatable bonds is 9. The van der Waals surface area contributed by atoms with E-state index in [9.17, 15) is 28.1 Å². The fourth-order valence-corrected chi connectivity index (χ4v) is 3.63. The molecule has 0 aliphatic heterocycles.